The number of pyridine rings is 1. The molecule has 150 valence electrons. The molecule has 2 aliphatic heterocycles. The molecule has 1 aromatic heterocycles. The molecule has 0 unspecified atom stereocenters. The van der Waals surface area contributed by atoms with E-state index in [4.69, 9.17) is 0 Å². The Morgan fingerprint density at radius 3 is 2.62 bits per heavy atom. The first-order valence-electron chi connectivity index (χ1n) is 9.70. The van der Waals surface area contributed by atoms with Crippen LogP contribution in [0.25, 0.3) is 0 Å². The van der Waals surface area contributed by atoms with Crippen molar-refractivity contribution in [2.24, 2.45) is 0 Å². The van der Waals surface area contributed by atoms with Gasteiger partial charge in [0.15, 0.2) is 0 Å². The molecule has 0 spiro atoms. The minimum absolute atomic E-state index is 0.0475. The van der Waals surface area contributed by atoms with Crippen molar-refractivity contribution in [2.75, 3.05) is 31.5 Å². The summed E-state index contributed by atoms with van der Waals surface area (Å²) in [6, 6.07) is 9.89. The maximum atomic E-state index is 12.7. The second-order valence-corrected chi connectivity index (χ2v) is 7.28. The lowest BCUT2D eigenvalue weighted by Crippen LogP contribution is -2.51. The van der Waals surface area contributed by atoms with Crippen molar-refractivity contribution in [2.45, 2.75) is 19.0 Å². The molecular weight excluding hydrogens is 370 g/mol. The van der Waals surface area contributed by atoms with Gasteiger partial charge in [0.1, 0.15) is 6.04 Å². The lowest BCUT2D eigenvalue weighted by atomic mass is 10.1. The third kappa shape index (κ3) is 4.43. The molecule has 0 bridgehead atoms. The van der Waals surface area contributed by atoms with E-state index in [0.717, 1.165) is 25.2 Å². The van der Waals surface area contributed by atoms with Crippen molar-refractivity contribution in [1.29, 1.82) is 0 Å². The Hall–Kier alpha value is -3.26. The van der Waals surface area contributed by atoms with E-state index < -0.39 is 6.04 Å². The first-order valence-corrected chi connectivity index (χ1v) is 9.70. The number of para-hydroxylation sites is 1. The Labute approximate surface area is 168 Å². The summed E-state index contributed by atoms with van der Waals surface area (Å²) in [4.78, 5) is 45.8. The largest absolute Gasteiger partial charge is 0.340 e. The van der Waals surface area contributed by atoms with E-state index in [2.05, 4.69) is 20.5 Å². The number of piperazine rings is 1. The molecule has 0 saturated carbocycles. The Morgan fingerprint density at radius 2 is 1.86 bits per heavy atom. The summed E-state index contributed by atoms with van der Waals surface area (Å²) in [5.41, 5.74) is 2.01. The molecule has 1 fully saturated rings. The summed E-state index contributed by atoms with van der Waals surface area (Å²) in [5.74, 6) is -0.845. The number of amides is 3. The fraction of sp³-hybridized carbons (Fsp3) is 0.333. The molecule has 29 heavy (non-hydrogen) atoms. The highest BCUT2D eigenvalue weighted by atomic mass is 16.2. The van der Waals surface area contributed by atoms with Crippen LogP contribution in [0.15, 0.2) is 48.8 Å². The van der Waals surface area contributed by atoms with Crippen molar-refractivity contribution >= 4 is 23.4 Å². The molecule has 0 aliphatic carbocycles. The van der Waals surface area contributed by atoms with E-state index >= 15 is 0 Å². The molecule has 8 nitrogen and oxygen atoms in total. The molecule has 1 aromatic carbocycles. The van der Waals surface area contributed by atoms with Crippen molar-refractivity contribution in [1.82, 2.24) is 20.1 Å². The SMILES string of the molecule is O=C1N[C@@H](CC(=O)N2CCN(Cc3cccnc3)CC2)C(=O)Nc2ccccc21. The lowest BCUT2D eigenvalue weighted by Gasteiger charge is -2.35. The van der Waals surface area contributed by atoms with Gasteiger partial charge in [0.25, 0.3) is 5.91 Å². The number of benzene rings is 1. The molecule has 0 radical (unpaired) electrons. The average Bonchev–Trinajstić information content (AvgIpc) is 2.85. The van der Waals surface area contributed by atoms with Crippen LogP contribution in [-0.2, 0) is 16.1 Å². The van der Waals surface area contributed by atoms with Crippen LogP contribution in [0, 0.1) is 0 Å². The number of nitrogens with zero attached hydrogens (tertiary/aromatic N) is 3. The third-order valence-electron chi connectivity index (χ3n) is 5.28. The Morgan fingerprint density at radius 1 is 1.07 bits per heavy atom. The normalized spacial score (nSPS) is 19.7. The quantitative estimate of drug-likeness (QED) is 0.804. The van der Waals surface area contributed by atoms with E-state index in [-0.39, 0.29) is 24.1 Å². The summed E-state index contributed by atoms with van der Waals surface area (Å²) >= 11 is 0. The number of fused-ring (bicyclic) bond motifs is 1. The monoisotopic (exact) mass is 393 g/mol. The molecule has 1 atom stereocenters. The number of anilines is 1. The number of rotatable bonds is 4. The van der Waals surface area contributed by atoms with Gasteiger partial charge in [0.2, 0.25) is 11.8 Å². The van der Waals surface area contributed by atoms with Gasteiger partial charge >= 0.3 is 0 Å². The van der Waals surface area contributed by atoms with Crippen LogP contribution in [0.4, 0.5) is 5.69 Å². The molecule has 4 rings (SSSR count). The lowest BCUT2D eigenvalue weighted by molar-refractivity contribution is -0.135. The molecule has 8 heteroatoms. The summed E-state index contributed by atoms with van der Waals surface area (Å²) in [5, 5.41) is 5.42. The van der Waals surface area contributed by atoms with Crippen molar-refractivity contribution in [3.05, 3.63) is 59.9 Å². The zero-order valence-electron chi connectivity index (χ0n) is 16.0. The number of carbonyl (C=O) groups excluding carboxylic acids is 3. The van der Waals surface area contributed by atoms with Gasteiger partial charge in [-0.25, -0.2) is 0 Å². The maximum absolute atomic E-state index is 12.7. The Bertz CT molecular complexity index is 910. The molecule has 3 heterocycles. The summed E-state index contributed by atoms with van der Waals surface area (Å²) in [7, 11) is 0. The van der Waals surface area contributed by atoms with Crippen LogP contribution in [0.1, 0.15) is 22.3 Å². The number of carbonyl (C=O) groups is 3. The highest BCUT2D eigenvalue weighted by Gasteiger charge is 2.31. The van der Waals surface area contributed by atoms with Gasteiger partial charge in [0, 0.05) is 45.1 Å². The number of nitrogens with one attached hydrogen (secondary N) is 2. The van der Waals surface area contributed by atoms with Crippen molar-refractivity contribution in [3.63, 3.8) is 0 Å². The highest BCUT2D eigenvalue weighted by Crippen LogP contribution is 2.19. The van der Waals surface area contributed by atoms with Gasteiger partial charge in [-0.05, 0) is 23.8 Å². The molecule has 2 N–H and O–H groups in total. The third-order valence-corrected chi connectivity index (χ3v) is 5.28. The topological polar surface area (TPSA) is 94.6 Å². The minimum atomic E-state index is -0.879. The summed E-state index contributed by atoms with van der Waals surface area (Å²) < 4.78 is 0. The number of hydrogen-bond donors (Lipinski definition) is 2. The first-order chi connectivity index (χ1) is 14.1. The average molecular weight is 393 g/mol. The van der Waals surface area contributed by atoms with Crippen LogP contribution in [0.5, 0.6) is 0 Å². The van der Waals surface area contributed by atoms with E-state index in [1.807, 2.05) is 18.3 Å². The maximum Gasteiger partial charge on any atom is 0.254 e. The fourth-order valence-electron chi connectivity index (χ4n) is 3.66. The van der Waals surface area contributed by atoms with E-state index in [0.29, 0.717) is 24.3 Å². The number of hydrogen-bond acceptors (Lipinski definition) is 5. The second-order valence-electron chi connectivity index (χ2n) is 7.28. The van der Waals surface area contributed by atoms with Crippen LogP contribution >= 0.6 is 0 Å². The molecular formula is C21H23N5O3. The summed E-state index contributed by atoms with van der Waals surface area (Å²) in [6.45, 7) is 3.52. The fourth-order valence-corrected chi connectivity index (χ4v) is 3.66. The van der Waals surface area contributed by atoms with E-state index in [1.165, 1.54) is 0 Å². The zero-order valence-corrected chi connectivity index (χ0v) is 16.0. The van der Waals surface area contributed by atoms with Gasteiger partial charge in [-0.3, -0.25) is 24.3 Å². The van der Waals surface area contributed by atoms with Gasteiger partial charge < -0.3 is 15.5 Å². The number of aromatic nitrogens is 1. The molecule has 3 amide bonds. The molecule has 2 aliphatic rings. The molecule has 2 aromatic rings. The van der Waals surface area contributed by atoms with Gasteiger partial charge in [-0.2, -0.15) is 0 Å². The van der Waals surface area contributed by atoms with Crippen molar-refractivity contribution in [3.8, 4) is 0 Å². The smallest absolute Gasteiger partial charge is 0.254 e. The van der Waals surface area contributed by atoms with Crippen LogP contribution in [0.2, 0.25) is 0 Å². The zero-order chi connectivity index (χ0) is 20.2. The standard InChI is InChI=1S/C21H23N5O3/c27-19(26-10-8-25(9-11-26)14-15-4-3-7-22-13-15)12-18-21(29)23-17-6-2-1-5-16(17)20(28)24-18/h1-7,13,18H,8-12,14H2,(H,23,29)(H,24,28)/t18-/m0/s1. The predicted molar refractivity (Wildman–Crippen MR) is 107 cm³/mol. The van der Waals surface area contributed by atoms with Crippen LogP contribution in [-0.4, -0.2) is 64.7 Å². The first kappa shape index (κ1) is 19.1. The van der Waals surface area contributed by atoms with Crippen molar-refractivity contribution < 1.29 is 14.4 Å². The van der Waals surface area contributed by atoms with Crippen LogP contribution in [0.3, 0.4) is 0 Å². The highest BCUT2D eigenvalue weighted by molar-refractivity contribution is 6.10. The Balaban J connectivity index is 1.32. The second kappa shape index (κ2) is 8.40. The van der Waals surface area contributed by atoms with E-state index in [1.54, 1.807) is 35.4 Å². The minimum Gasteiger partial charge on any atom is -0.340 e. The van der Waals surface area contributed by atoms with Gasteiger partial charge in [-0.1, -0.05) is 18.2 Å². The van der Waals surface area contributed by atoms with E-state index in [9.17, 15) is 14.4 Å². The van der Waals surface area contributed by atoms with Gasteiger partial charge in [-0.15, -0.1) is 0 Å². The predicted octanol–water partition coefficient (Wildman–Crippen LogP) is 0.867. The Kier molecular flexibility index (Phi) is 5.53. The summed E-state index contributed by atoms with van der Waals surface area (Å²) in [6.07, 6.45) is 3.55. The van der Waals surface area contributed by atoms with Gasteiger partial charge in [0.05, 0.1) is 17.7 Å². The molecule has 1 saturated heterocycles. The van der Waals surface area contributed by atoms with Crippen LogP contribution < -0.4 is 10.6 Å².